The summed E-state index contributed by atoms with van der Waals surface area (Å²) in [4.78, 5) is 2.39. The topological polar surface area (TPSA) is 33.7 Å². The molecule has 140 valence electrons. The Morgan fingerprint density at radius 3 is 2.35 bits per heavy atom. The van der Waals surface area contributed by atoms with Crippen molar-refractivity contribution < 1.29 is 13.9 Å². The van der Waals surface area contributed by atoms with Gasteiger partial charge >= 0.3 is 0 Å². The number of benzene rings is 2. The molecule has 0 radical (unpaired) electrons. The van der Waals surface area contributed by atoms with Crippen LogP contribution in [0.3, 0.4) is 0 Å². The van der Waals surface area contributed by atoms with Crippen molar-refractivity contribution in [3.05, 3.63) is 59.4 Å². The van der Waals surface area contributed by atoms with Crippen molar-refractivity contribution in [2.75, 3.05) is 39.4 Å². The van der Waals surface area contributed by atoms with E-state index in [2.05, 4.69) is 16.3 Å². The van der Waals surface area contributed by atoms with Gasteiger partial charge in [-0.3, -0.25) is 4.90 Å². The number of piperazine rings is 1. The van der Waals surface area contributed by atoms with Gasteiger partial charge in [0.15, 0.2) is 11.5 Å². The second kappa shape index (κ2) is 9.01. The van der Waals surface area contributed by atoms with Crippen molar-refractivity contribution in [2.45, 2.75) is 19.9 Å². The molecule has 0 spiro atoms. The summed E-state index contributed by atoms with van der Waals surface area (Å²) >= 11 is 0. The van der Waals surface area contributed by atoms with E-state index in [4.69, 9.17) is 9.47 Å². The number of rotatable bonds is 7. The standard InChI is InChI=1S/C21H27FN2O2/c1-3-25-19-9-8-17(15-20(19)26-4-2)21(24-12-10-23-11-13-24)16-6-5-7-18(22)14-16/h5-9,14-15,21,23H,3-4,10-13H2,1-2H3. The molecular formula is C21H27FN2O2. The summed E-state index contributed by atoms with van der Waals surface area (Å²) in [7, 11) is 0. The molecule has 1 atom stereocenters. The molecule has 0 amide bonds. The minimum Gasteiger partial charge on any atom is -0.490 e. The lowest BCUT2D eigenvalue weighted by molar-refractivity contribution is 0.197. The summed E-state index contributed by atoms with van der Waals surface area (Å²) in [5.74, 6) is 1.28. The molecule has 2 aromatic rings. The molecule has 0 aliphatic carbocycles. The Balaban J connectivity index is 2.01. The molecule has 0 bridgehead atoms. The Kier molecular flexibility index (Phi) is 6.47. The van der Waals surface area contributed by atoms with Gasteiger partial charge in [-0.2, -0.15) is 0 Å². The van der Waals surface area contributed by atoms with Crippen molar-refractivity contribution >= 4 is 0 Å². The largest absolute Gasteiger partial charge is 0.490 e. The molecule has 1 unspecified atom stereocenters. The van der Waals surface area contributed by atoms with Gasteiger partial charge in [-0.25, -0.2) is 4.39 Å². The summed E-state index contributed by atoms with van der Waals surface area (Å²) in [5, 5.41) is 3.38. The summed E-state index contributed by atoms with van der Waals surface area (Å²) < 4.78 is 25.4. The molecular weight excluding hydrogens is 331 g/mol. The first-order valence-electron chi connectivity index (χ1n) is 9.32. The highest BCUT2D eigenvalue weighted by atomic mass is 19.1. The second-order valence-corrected chi connectivity index (χ2v) is 6.32. The van der Waals surface area contributed by atoms with Crippen LogP contribution in [0.15, 0.2) is 42.5 Å². The molecule has 1 aliphatic rings. The zero-order valence-electron chi connectivity index (χ0n) is 15.5. The van der Waals surface area contributed by atoms with Crippen LogP contribution >= 0.6 is 0 Å². The molecule has 2 aromatic carbocycles. The van der Waals surface area contributed by atoms with Crippen molar-refractivity contribution in [1.29, 1.82) is 0 Å². The number of ether oxygens (including phenoxy) is 2. The molecule has 5 heteroatoms. The van der Waals surface area contributed by atoms with Crippen LogP contribution in [0.1, 0.15) is 31.0 Å². The fourth-order valence-corrected chi connectivity index (χ4v) is 3.47. The highest BCUT2D eigenvalue weighted by molar-refractivity contribution is 5.46. The van der Waals surface area contributed by atoms with Crippen LogP contribution in [-0.4, -0.2) is 44.3 Å². The summed E-state index contributed by atoms with van der Waals surface area (Å²) in [5.41, 5.74) is 2.04. The van der Waals surface area contributed by atoms with Gasteiger partial charge in [-0.15, -0.1) is 0 Å². The van der Waals surface area contributed by atoms with E-state index in [0.717, 1.165) is 48.8 Å². The van der Waals surface area contributed by atoms with E-state index in [-0.39, 0.29) is 11.9 Å². The summed E-state index contributed by atoms with van der Waals surface area (Å²) in [6.07, 6.45) is 0. The SMILES string of the molecule is CCOc1ccc(C(c2cccc(F)c2)N2CCNCC2)cc1OCC. The molecule has 0 aromatic heterocycles. The van der Waals surface area contributed by atoms with Crippen LogP contribution in [0.25, 0.3) is 0 Å². The maximum Gasteiger partial charge on any atom is 0.161 e. The smallest absolute Gasteiger partial charge is 0.161 e. The zero-order valence-corrected chi connectivity index (χ0v) is 15.5. The van der Waals surface area contributed by atoms with Gasteiger partial charge in [0.2, 0.25) is 0 Å². The average molecular weight is 358 g/mol. The fourth-order valence-electron chi connectivity index (χ4n) is 3.47. The molecule has 1 fully saturated rings. The van der Waals surface area contributed by atoms with Crippen LogP contribution in [0.2, 0.25) is 0 Å². The highest BCUT2D eigenvalue weighted by Crippen LogP contribution is 2.36. The Morgan fingerprint density at radius 1 is 0.962 bits per heavy atom. The zero-order chi connectivity index (χ0) is 18.4. The molecule has 1 saturated heterocycles. The van der Waals surface area contributed by atoms with E-state index in [1.165, 1.54) is 6.07 Å². The van der Waals surface area contributed by atoms with Crippen molar-refractivity contribution in [3.63, 3.8) is 0 Å². The minimum absolute atomic E-state index is 0.0114. The number of nitrogens with zero attached hydrogens (tertiary/aromatic N) is 1. The van der Waals surface area contributed by atoms with Crippen molar-refractivity contribution in [1.82, 2.24) is 10.2 Å². The molecule has 3 rings (SSSR count). The average Bonchev–Trinajstić information content (AvgIpc) is 2.65. The number of hydrogen-bond donors (Lipinski definition) is 1. The minimum atomic E-state index is -0.210. The number of halogens is 1. The molecule has 0 saturated carbocycles. The van der Waals surface area contributed by atoms with Crippen LogP contribution in [0.4, 0.5) is 4.39 Å². The highest BCUT2D eigenvalue weighted by Gasteiger charge is 2.25. The first-order chi connectivity index (χ1) is 12.7. The van der Waals surface area contributed by atoms with Gasteiger partial charge < -0.3 is 14.8 Å². The summed E-state index contributed by atoms with van der Waals surface area (Å²) in [6.45, 7) is 8.77. The van der Waals surface area contributed by atoms with Gasteiger partial charge in [0.05, 0.1) is 19.3 Å². The molecule has 26 heavy (non-hydrogen) atoms. The van der Waals surface area contributed by atoms with Crippen molar-refractivity contribution in [3.8, 4) is 11.5 Å². The summed E-state index contributed by atoms with van der Waals surface area (Å²) in [6, 6.07) is 12.9. The number of nitrogens with one attached hydrogen (secondary N) is 1. The first kappa shape index (κ1) is 18.7. The van der Waals surface area contributed by atoms with Gasteiger partial charge in [-0.05, 0) is 49.2 Å². The predicted octanol–water partition coefficient (Wildman–Crippen LogP) is 3.62. The number of hydrogen-bond acceptors (Lipinski definition) is 4. The Labute approximate surface area is 154 Å². The van der Waals surface area contributed by atoms with E-state index >= 15 is 0 Å². The van der Waals surface area contributed by atoms with Crippen LogP contribution in [0.5, 0.6) is 11.5 Å². The first-order valence-corrected chi connectivity index (χ1v) is 9.32. The quantitative estimate of drug-likeness (QED) is 0.820. The molecule has 1 heterocycles. The molecule has 4 nitrogen and oxygen atoms in total. The Hall–Kier alpha value is -2.11. The van der Waals surface area contributed by atoms with E-state index in [1.807, 2.05) is 32.0 Å². The maximum absolute atomic E-state index is 13.9. The lowest BCUT2D eigenvalue weighted by Crippen LogP contribution is -2.45. The maximum atomic E-state index is 13.9. The van der Waals surface area contributed by atoms with E-state index < -0.39 is 0 Å². The van der Waals surface area contributed by atoms with Crippen LogP contribution < -0.4 is 14.8 Å². The van der Waals surface area contributed by atoms with Gasteiger partial charge in [0.1, 0.15) is 5.82 Å². The van der Waals surface area contributed by atoms with E-state index in [1.54, 1.807) is 12.1 Å². The van der Waals surface area contributed by atoms with Crippen LogP contribution in [0, 0.1) is 5.82 Å². The van der Waals surface area contributed by atoms with Gasteiger partial charge in [-0.1, -0.05) is 18.2 Å². The fraction of sp³-hybridized carbons (Fsp3) is 0.429. The Morgan fingerprint density at radius 2 is 1.65 bits per heavy atom. The van der Waals surface area contributed by atoms with Crippen molar-refractivity contribution in [2.24, 2.45) is 0 Å². The monoisotopic (exact) mass is 358 g/mol. The predicted molar refractivity (Wildman–Crippen MR) is 101 cm³/mol. The normalized spacial score (nSPS) is 16.3. The lowest BCUT2D eigenvalue weighted by Gasteiger charge is -2.35. The third kappa shape index (κ3) is 4.34. The third-order valence-electron chi connectivity index (χ3n) is 4.56. The third-order valence-corrected chi connectivity index (χ3v) is 4.56. The lowest BCUT2D eigenvalue weighted by atomic mass is 9.96. The van der Waals surface area contributed by atoms with Gasteiger partial charge in [0, 0.05) is 26.2 Å². The molecule has 1 N–H and O–H groups in total. The Bertz CT molecular complexity index is 717. The second-order valence-electron chi connectivity index (χ2n) is 6.32. The molecule has 1 aliphatic heterocycles. The van der Waals surface area contributed by atoms with E-state index in [9.17, 15) is 4.39 Å². The van der Waals surface area contributed by atoms with E-state index in [0.29, 0.717) is 13.2 Å². The van der Waals surface area contributed by atoms with Gasteiger partial charge in [0.25, 0.3) is 0 Å². The van der Waals surface area contributed by atoms with Crippen LogP contribution in [-0.2, 0) is 0 Å².